The Hall–Kier alpha value is 0.400. The lowest BCUT2D eigenvalue weighted by Gasteiger charge is -2.26. The van der Waals surface area contributed by atoms with Crippen LogP contribution in [0.15, 0.2) is 0 Å². The Bertz CT molecular complexity index is 285. The molecule has 0 saturated carbocycles. The SMILES string of the molecule is CCCCCC1(C)C(=O)N(I)C(=O)N1I. The molecule has 0 aliphatic carbocycles. The molecule has 1 aliphatic rings. The summed E-state index contributed by atoms with van der Waals surface area (Å²) in [6.07, 6.45) is 3.94. The molecule has 0 spiro atoms. The molecule has 4 nitrogen and oxygen atoms in total. The quantitative estimate of drug-likeness (QED) is 0.294. The zero-order valence-corrected chi connectivity index (χ0v) is 13.1. The summed E-state index contributed by atoms with van der Waals surface area (Å²) >= 11 is 3.71. The first kappa shape index (κ1) is 13.5. The minimum absolute atomic E-state index is 0.0985. The Kier molecular flexibility index (Phi) is 4.63. The van der Waals surface area contributed by atoms with Gasteiger partial charge in [0.25, 0.3) is 5.91 Å². The van der Waals surface area contributed by atoms with E-state index < -0.39 is 5.54 Å². The summed E-state index contributed by atoms with van der Waals surface area (Å²) in [5.74, 6) is -0.0985. The number of halogens is 2. The largest absolute Gasteiger partial charge is 0.345 e. The third-order valence-electron chi connectivity index (χ3n) is 2.68. The lowest BCUT2D eigenvalue weighted by Crippen LogP contribution is -2.41. The fourth-order valence-electron chi connectivity index (χ4n) is 1.59. The molecule has 1 rings (SSSR count). The number of hydrogen-bond acceptors (Lipinski definition) is 2. The van der Waals surface area contributed by atoms with Gasteiger partial charge in [-0.2, -0.15) is 3.11 Å². The van der Waals surface area contributed by atoms with E-state index in [1.807, 2.05) is 29.8 Å². The third-order valence-corrected chi connectivity index (χ3v) is 5.00. The lowest BCUT2D eigenvalue weighted by atomic mass is 9.95. The maximum Gasteiger partial charge on any atom is 0.345 e. The van der Waals surface area contributed by atoms with Crippen LogP contribution in [0.3, 0.4) is 0 Å². The second-order valence-electron chi connectivity index (χ2n) is 3.88. The molecule has 1 unspecified atom stereocenters. The monoisotopic (exact) mass is 436 g/mol. The maximum absolute atomic E-state index is 11.9. The van der Waals surface area contributed by atoms with Gasteiger partial charge in [-0.25, -0.2) is 4.79 Å². The number of hydrogen-bond donors (Lipinski definition) is 0. The number of imide groups is 1. The van der Waals surface area contributed by atoms with Crippen LogP contribution in [0.25, 0.3) is 0 Å². The summed E-state index contributed by atoms with van der Waals surface area (Å²) in [7, 11) is 0. The number of carbonyl (C=O) groups is 2. The number of urea groups is 1. The van der Waals surface area contributed by atoms with Crippen molar-refractivity contribution in [1.29, 1.82) is 0 Å². The van der Waals surface area contributed by atoms with Crippen molar-refractivity contribution in [3.05, 3.63) is 0 Å². The maximum atomic E-state index is 11.9. The topological polar surface area (TPSA) is 40.6 Å². The van der Waals surface area contributed by atoms with E-state index in [0.29, 0.717) is 0 Å². The van der Waals surface area contributed by atoms with E-state index in [4.69, 9.17) is 0 Å². The molecule has 0 aromatic heterocycles. The summed E-state index contributed by atoms with van der Waals surface area (Å²) < 4.78 is 2.70. The Labute approximate surface area is 118 Å². The standard InChI is InChI=1S/C9H14I2N2O2/c1-3-4-5-6-9(2)7(14)12(10)8(15)13(9)11/h3-6H2,1-2H3. The normalized spacial score (nSPS) is 26.7. The molecule has 0 N–H and O–H groups in total. The van der Waals surface area contributed by atoms with Crippen LogP contribution in [0, 0.1) is 0 Å². The highest BCUT2D eigenvalue weighted by atomic mass is 127. The molecule has 15 heavy (non-hydrogen) atoms. The van der Waals surface area contributed by atoms with Gasteiger partial charge in [0.1, 0.15) is 5.54 Å². The molecule has 3 amide bonds. The minimum Gasteiger partial charge on any atom is -0.271 e. The Balaban J connectivity index is 2.74. The first-order valence-electron chi connectivity index (χ1n) is 4.95. The van der Waals surface area contributed by atoms with Crippen molar-refractivity contribution in [3.63, 3.8) is 0 Å². The van der Waals surface area contributed by atoms with Gasteiger partial charge in [-0.1, -0.05) is 26.2 Å². The van der Waals surface area contributed by atoms with Crippen LogP contribution in [0.4, 0.5) is 4.79 Å². The molecule has 1 heterocycles. The van der Waals surface area contributed by atoms with Gasteiger partial charge in [-0.05, 0) is 13.3 Å². The van der Waals surface area contributed by atoms with Crippen molar-refractivity contribution in [3.8, 4) is 0 Å². The van der Waals surface area contributed by atoms with E-state index >= 15 is 0 Å². The fraction of sp³-hybridized carbons (Fsp3) is 0.778. The number of unbranched alkanes of at least 4 members (excludes halogenated alkanes) is 2. The fourth-order valence-corrected chi connectivity index (χ4v) is 3.41. The van der Waals surface area contributed by atoms with Crippen molar-refractivity contribution in [2.24, 2.45) is 0 Å². The number of rotatable bonds is 4. The van der Waals surface area contributed by atoms with Crippen LogP contribution in [-0.4, -0.2) is 23.7 Å². The van der Waals surface area contributed by atoms with Crippen LogP contribution in [-0.2, 0) is 4.79 Å². The molecule has 0 bridgehead atoms. The molecule has 0 aromatic rings. The van der Waals surface area contributed by atoms with E-state index in [-0.39, 0.29) is 11.9 Å². The molecular formula is C9H14I2N2O2. The molecule has 6 heteroatoms. The molecular weight excluding hydrogens is 422 g/mol. The van der Waals surface area contributed by atoms with E-state index in [9.17, 15) is 9.59 Å². The third kappa shape index (κ3) is 2.40. The Morgan fingerprint density at radius 3 is 2.27 bits per heavy atom. The summed E-state index contributed by atoms with van der Waals surface area (Å²) in [5, 5.41) is 0. The number of carbonyl (C=O) groups excluding carboxylic acids is 2. The number of nitrogens with zero attached hydrogens (tertiary/aromatic N) is 2. The molecule has 0 radical (unpaired) electrons. The molecule has 0 aromatic carbocycles. The smallest absolute Gasteiger partial charge is 0.271 e. The van der Waals surface area contributed by atoms with E-state index in [1.54, 1.807) is 22.9 Å². The molecule has 1 aliphatic heterocycles. The lowest BCUT2D eigenvalue weighted by molar-refractivity contribution is -0.127. The zero-order chi connectivity index (χ0) is 11.6. The average Bonchev–Trinajstić information content (AvgIpc) is 2.36. The van der Waals surface area contributed by atoms with Crippen molar-refractivity contribution in [2.75, 3.05) is 0 Å². The summed E-state index contributed by atoms with van der Waals surface area (Å²) in [6.45, 7) is 3.96. The molecule has 1 fully saturated rings. The van der Waals surface area contributed by atoms with Crippen LogP contribution < -0.4 is 0 Å². The van der Waals surface area contributed by atoms with Crippen LogP contribution in [0.1, 0.15) is 39.5 Å². The minimum atomic E-state index is -0.645. The van der Waals surface area contributed by atoms with E-state index in [2.05, 4.69) is 6.92 Å². The summed E-state index contributed by atoms with van der Waals surface area (Å²) in [6, 6.07) is -0.222. The van der Waals surface area contributed by atoms with E-state index in [0.717, 1.165) is 25.7 Å². The first-order valence-corrected chi connectivity index (χ1v) is 6.88. The Morgan fingerprint density at radius 1 is 1.27 bits per heavy atom. The van der Waals surface area contributed by atoms with Gasteiger partial charge in [-0.15, -0.1) is 0 Å². The number of amides is 3. The predicted octanol–water partition coefficient (Wildman–Crippen LogP) is 3.29. The highest BCUT2D eigenvalue weighted by Gasteiger charge is 2.52. The predicted molar refractivity (Wildman–Crippen MR) is 74.7 cm³/mol. The zero-order valence-electron chi connectivity index (χ0n) is 8.80. The molecule has 86 valence electrons. The molecule has 1 saturated heterocycles. The van der Waals surface area contributed by atoms with Crippen molar-refractivity contribution in [2.45, 2.75) is 45.1 Å². The highest BCUT2D eigenvalue weighted by molar-refractivity contribution is 14.1. The summed E-state index contributed by atoms with van der Waals surface area (Å²) in [4.78, 5) is 23.5. The van der Waals surface area contributed by atoms with Gasteiger partial charge in [0, 0.05) is 0 Å². The average molecular weight is 436 g/mol. The highest BCUT2D eigenvalue weighted by Crippen LogP contribution is 2.37. The van der Waals surface area contributed by atoms with Crippen LogP contribution >= 0.6 is 45.7 Å². The Morgan fingerprint density at radius 2 is 1.87 bits per heavy atom. The van der Waals surface area contributed by atoms with Crippen molar-refractivity contribution < 1.29 is 9.59 Å². The van der Waals surface area contributed by atoms with E-state index in [1.165, 1.54) is 6.23 Å². The summed E-state index contributed by atoms with van der Waals surface area (Å²) in [5.41, 5.74) is -0.645. The van der Waals surface area contributed by atoms with Gasteiger partial charge in [0.15, 0.2) is 0 Å². The van der Waals surface area contributed by atoms with Crippen molar-refractivity contribution in [1.82, 2.24) is 6.23 Å². The van der Waals surface area contributed by atoms with Gasteiger partial charge in [0.2, 0.25) is 0 Å². The van der Waals surface area contributed by atoms with Crippen LogP contribution in [0.2, 0.25) is 0 Å². The van der Waals surface area contributed by atoms with Gasteiger partial charge < -0.3 is 0 Å². The first-order chi connectivity index (χ1) is 6.95. The van der Waals surface area contributed by atoms with Crippen molar-refractivity contribution >= 4 is 57.7 Å². The second-order valence-corrected chi connectivity index (χ2v) is 5.81. The van der Waals surface area contributed by atoms with Gasteiger partial charge in [0.05, 0.1) is 45.7 Å². The van der Waals surface area contributed by atoms with Gasteiger partial charge >= 0.3 is 6.03 Å². The van der Waals surface area contributed by atoms with Crippen LogP contribution in [0.5, 0.6) is 0 Å². The second kappa shape index (κ2) is 5.15. The molecule has 1 atom stereocenters. The van der Waals surface area contributed by atoms with Gasteiger partial charge in [-0.3, -0.25) is 7.91 Å².